The lowest BCUT2D eigenvalue weighted by atomic mass is 10.2. The summed E-state index contributed by atoms with van der Waals surface area (Å²) in [5, 5.41) is 25.2. The lowest BCUT2D eigenvalue weighted by molar-refractivity contribution is -0.384. The summed E-state index contributed by atoms with van der Waals surface area (Å²) in [6.07, 6.45) is -0.978. The third-order valence-corrected chi connectivity index (χ3v) is 5.87. The monoisotopic (exact) mass is 480 g/mol. The molecule has 2 aromatic heterocycles. The second kappa shape index (κ2) is 7.40. The highest BCUT2D eigenvalue weighted by atomic mass is 79.9. The van der Waals surface area contributed by atoms with Crippen molar-refractivity contribution < 1.29 is 14.8 Å². The predicted octanol–water partition coefficient (Wildman–Crippen LogP) is 2.29. The molecule has 0 unspecified atom stereocenters. The van der Waals surface area contributed by atoms with Crippen LogP contribution in [-0.2, 0) is 0 Å². The molecule has 0 bridgehead atoms. The van der Waals surface area contributed by atoms with Crippen LogP contribution < -0.4 is 10.5 Å². The maximum atomic E-state index is 12.1. The van der Waals surface area contributed by atoms with Crippen LogP contribution in [0.5, 0.6) is 0 Å². The number of anilines is 1. The first kappa shape index (κ1) is 19.3. The standard InChI is InChI=1S/C16H13BrN6O5S/c17-10-5-9(6-11(7-10)23(27)28)14-19-22-13(8-12(24)18-15(22)29-14)20-1-3-21(4-2-20)16(25)26/h5-8H,1-4H2,(H,25,26). The summed E-state index contributed by atoms with van der Waals surface area (Å²) in [7, 11) is 0. The van der Waals surface area contributed by atoms with Gasteiger partial charge in [0.25, 0.3) is 11.2 Å². The zero-order chi connectivity index (χ0) is 20.7. The summed E-state index contributed by atoms with van der Waals surface area (Å²) in [6, 6.07) is 5.86. The number of carbonyl (C=O) groups is 1. The van der Waals surface area contributed by atoms with Crippen LogP contribution in [0.4, 0.5) is 16.3 Å². The number of fused-ring (bicyclic) bond motifs is 1. The molecule has 11 nitrogen and oxygen atoms in total. The van der Waals surface area contributed by atoms with Crippen molar-refractivity contribution in [2.45, 2.75) is 0 Å². The van der Waals surface area contributed by atoms with Crippen LogP contribution in [0.1, 0.15) is 0 Å². The third-order valence-electron chi connectivity index (χ3n) is 4.45. The highest BCUT2D eigenvalue weighted by Gasteiger charge is 2.24. The molecule has 13 heteroatoms. The van der Waals surface area contributed by atoms with Gasteiger partial charge in [0, 0.05) is 54.4 Å². The van der Waals surface area contributed by atoms with E-state index in [9.17, 15) is 19.7 Å². The van der Waals surface area contributed by atoms with Crippen molar-refractivity contribution in [1.29, 1.82) is 0 Å². The number of hydrogen-bond donors (Lipinski definition) is 1. The van der Waals surface area contributed by atoms with Crippen molar-refractivity contribution in [2.24, 2.45) is 0 Å². The van der Waals surface area contributed by atoms with Crippen molar-refractivity contribution >= 4 is 49.8 Å². The molecule has 3 heterocycles. The number of hydrogen-bond acceptors (Lipinski definition) is 8. The van der Waals surface area contributed by atoms with Gasteiger partial charge in [-0.25, -0.2) is 4.79 Å². The first-order valence-corrected chi connectivity index (χ1v) is 10.0. The summed E-state index contributed by atoms with van der Waals surface area (Å²) < 4.78 is 2.05. The molecule has 1 saturated heterocycles. The molecule has 1 aromatic carbocycles. The fourth-order valence-corrected chi connectivity index (χ4v) is 4.44. The minimum atomic E-state index is -0.978. The first-order valence-electron chi connectivity index (χ1n) is 8.41. The Morgan fingerprint density at radius 3 is 2.59 bits per heavy atom. The number of nitro groups is 1. The molecule has 1 aliphatic heterocycles. The molecule has 0 spiro atoms. The largest absolute Gasteiger partial charge is 0.465 e. The van der Waals surface area contributed by atoms with E-state index in [0.717, 1.165) is 11.3 Å². The van der Waals surface area contributed by atoms with Crippen molar-refractivity contribution in [3.05, 3.63) is 49.2 Å². The summed E-state index contributed by atoms with van der Waals surface area (Å²) in [5.41, 5.74) is 0.00729. The molecular formula is C16H13BrN6O5S. The molecule has 1 fully saturated rings. The smallest absolute Gasteiger partial charge is 0.407 e. The predicted molar refractivity (Wildman–Crippen MR) is 109 cm³/mol. The summed E-state index contributed by atoms with van der Waals surface area (Å²) in [6.45, 7) is 1.44. The van der Waals surface area contributed by atoms with Gasteiger partial charge in [-0.1, -0.05) is 27.3 Å². The Hall–Kier alpha value is -3.06. The number of piperazine rings is 1. The second-order valence-electron chi connectivity index (χ2n) is 6.27. The number of carboxylic acid groups (broad SMARTS) is 1. The van der Waals surface area contributed by atoms with E-state index < -0.39 is 16.6 Å². The Labute approximate surface area is 175 Å². The molecule has 29 heavy (non-hydrogen) atoms. The second-order valence-corrected chi connectivity index (χ2v) is 8.14. The van der Waals surface area contributed by atoms with Gasteiger partial charge in [-0.2, -0.15) is 14.6 Å². The van der Waals surface area contributed by atoms with Crippen molar-refractivity contribution in [3.63, 3.8) is 0 Å². The first-order chi connectivity index (χ1) is 13.8. The van der Waals surface area contributed by atoms with E-state index in [1.807, 2.05) is 4.90 Å². The molecule has 4 rings (SSSR count). The zero-order valence-corrected chi connectivity index (χ0v) is 17.1. The van der Waals surface area contributed by atoms with Gasteiger partial charge in [-0.05, 0) is 6.07 Å². The van der Waals surface area contributed by atoms with E-state index in [4.69, 9.17) is 5.11 Å². The number of nitrogens with zero attached hydrogens (tertiary/aromatic N) is 6. The molecule has 1 amide bonds. The van der Waals surface area contributed by atoms with Gasteiger partial charge in [-0.3, -0.25) is 14.9 Å². The van der Waals surface area contributed by atoms with Crippen LogP contribution >= 0.6 is 27.3 Å². The topological polar surface area (TPSA) is 134 Å². The summed E-state index contributed by atoms with van der Waals surface area (Å²) >= 11 is 4.41. The molecular weight excluding hydrogens is 468 g/mol. The summed E-state index contributed by atoms with van der Waals surface area (Å²) in [5.74, 6) is 0.511. The highest BCUT2D eigenvalue weighted by Crippen LogP contribution is 2.32. The fraction of sp³-hybridized carbons (Fsp3) is 0.250. The maximum absolute atomic E-state index is 12.1. The quantitative estimate of drug-likeness (QED) is 0.445. The van der Waals surface area contributed by atoms with E-state index in [0.29, 0.717) is 52.0 Å². The van der Waals surface area contributed by atoms with E-state index in [-0.39, 0.29) is 5.69 Å². The van der Waals surface area contributed by atoms with Gasteiger partial charge >= 0.3 is 6.09 Å². The number of rotatable bonds is 3. The van der Waals surface area contributed by atoms with E-state index in [1.165, 1.54) is 27.6 Å². The number of amides is 1. The van der Waals surface area contributed by atoms with Crippen LogP contribution in [0.15, 0.2) is 33.5 Å². The third kappa shape index (κ3) is 3.78. The molecule has 0 radical (unpaired) electrons. The van der Waals surface area contributed by atoms with Crippen molar-refractivity contribution in [3.8, 4) is 10.6 Å². The van der Waals surface area contributed by atoms with Gasteiger partial charge in [0.15, 0.2) is 0 Å². The Balaban J connectivity index is 1.76. The van der Waals surface area contributed by atoms with Crippen LogP contribution in [0.2, 0.25) is 0 Å². The molecule has 0 aliphatic carbocycles. The average Bonchev–Trinajstić information content (AvgIpc) is 3.11. The van der Waals surface area contributed by atoms with E-state index in [2.05, 4.69) is 26.0 Å². The Morgan fingerprint density at radius 2 is 1.93 bits per heavy atom. The van der Waals surface area contributed by atoms with Crippen LogP contribution in [0.3, 0.4) is 0 Å². The SMILES string of the molecule is O=C(O)N1CCN(c2cc(=O)nc3sc(-c4cc(Br)cc([N+](=O)[O-])c4)nn23)CC1. The lowest BCUT2D eigenvalue weighted by Crippen LogP contribution is -2.49. The van der Waals surface area contributed by atoms with E-state index >= 15 is 0 Å². The molecule has 1 N–H and O–H groups in total. The van der Waals surface area contributed by atoms with Crippen LogP contribution in [0, 0.1) is 10.1 Å². The molecule has 150 valence electrons. The Morgan fingerprint density at radius 1 is 1.21 bits per heavy atom. The van der Waals surface area contributed by atoms with Gasteiger partial charge in [0.2, 0.25) is 4.96 Å². The van der Waals surface area contributed by atoms with Crippen molar-refractivity contribution in [1.82, 2.24) is 19.5 Å². The molecule has 0 atom stereocenters. The Kier molecular flexibility index (Phi) is 4.92. The molecule has 3 aromatic rings. The van der Waals surface area contributed by atoms with Crippen molar-refractivity contribution in [2.75, 3.05) is 31.1 Å². The fourth-order valence-electron chi connectivity index (χ4n) is 3.07. The number of halogens is 1. The van der Waals surface area contributed by atoms with E-state index in [1.54, 1.807) is 6.07 Å². The van der Waals surface area contributed by atoms with Crippen LogP contribution in [-0.4, -0.2) is 61.8 Å². The Bertz CT molecular complexity index is 1190. The zero-order valence-electron chi connectivity index (χ0n) is 14.7. The minimum Gasteiger partial charge on any atom is -0.465 e. The number of aromatic nitrogens is 3. The highest BCUT2D eigenvalue weighted by molar-refractivity contribution is 9.10. The molecule has 1 aliphatic rings. The normalized spacial score (nSPS) is 14.4. The number of benzene rings is 1. The molecule has 0 saturated carbocycles. The van der Waals surface area contributed by atoms with Gasteiger partial charge < -0.3 is 14.9 Å². The van der Waals surface area contributed by atoms with Gasteiger partial charge in [-0.15, -0.1) is 0 Å². The number of non-ortho nitro benzene ring substituents is 1. The van der Waals surface area contributed by atoms with Crippen LogP contribution in [0.25, 0.3) is 15.5 Å². The van der Waals surface area contributed by atoms with Gasteiger partial charge in [0.1, 0.15) is 10.8 Å². The minimum absolute atomic E-state index is 0.0823. The average molecular weight is 481 g/mol. The summed E-state index contributed by atoms with van der Waals surface area (Å²) in [4.78, 5) is 41.4. The maximum Gasteiger partial charge on any atom is 0.407 e. The number of nitro benzene ring substituents is 1. The van der Waals surface area contributed by atoms with Gasteiger partial charge in [0.05, 0.1) is 4.92 Å². The lowest BCUT2D eigenvalue weighted by Gasteiger charge is -2.34.